The highest BCUT2D eigenvalue weighted by molar-refractivity contribution is 5.69. The molecule has 0 radical (unpaired) electrons. The van der Waals surface area contributed by atoms with E-state index in [1.54, 1.807) is 0 Å². The molecule has 0 amide bonds. The Balaban J connectivity index is 1.77. The van der Waals surface area contributed by atoms with Crippen molar-refractivity contribution in [2.24, 2.45) is 17.6 Å². The minimum atomic E-state index is -0.0713. The van der Waals surface area contributed by atoms with Crippen LogP contribution < -0.4 is 5.73 Å². The van der Waals surface area contributed by atoms with Crippen molar-refractivity contribution in [3.63, 3.8) is 0 Å². The van der Waals surface area contributed by atoms with Gasteiger partial charge < -0.3 is 15.4 Å². The zero-order valence-corrected chi connectivity index (χ0v) is 10.7. The predicted molar refractivity (Wildman–Crippen MR) is 66.5 cm³/mol. The zero-order chi connectivity index (χ0) is 12.3. The van der Waals surface area contributed by atoms with Crippen LogP contribution in [0.1, 0.15) is 32.6 Å². The lowest BCUT2D eigenvalue weighted by molar-refractivity contribution is -0.144. The SMILES string of the molecule is CCOC(=O)CC1CC(N)CN(CC2CC2)C1. The fourth-order valence-corrected chi connectivity index (χ4v) is 2.77. The van der Waals surface area contributed by atoms with Crippen molar-refractivity contribution < 1.29 is 9.53 Å². The smallest absolute Gasteiger partial charge is 0.306 e. The van der Waals surface area contributed by atoms with Gasteiger partial charge in [0.05, 0.1) is 6.61 Å². The van der Waals surface area contributed by atoms with Crippen molar-refractivity contribution in [3.05, 3.63) is 0 Å². The van der Waals surface area contributed by atoms with Gasteiger partial charge in [-0.15, -0.1) is 0 Å². The van der Waals surface area contributed by atoms with E-state index in [-0.39, 0.29) is 12.0 Å². The number of carbonyl (C=O) groups is 1. The van der Waals surface area contributed by atoms with E-state index in [2.05, 4.69) is 4.90 Å². The van der Waals surface area contributed by atoms with Gasteiger partial charge in [-0.1, -0.05) is 0 Å². The van der Waals surface area contributed by atoms with Crippen LogP contribution in [-0.2, 0) is 9.53 Å². The van der Waals surface area contributed by atoms with Gasteiger partial charge in [0.15, 0.2) is 0 Å². The third-order valence-corrected chi connectivity index (χ3v) is 3.62. The van der Waals surface area contributed by atoms with E-state index in [0.29, 0.717) is 18.9 Å². The number of hydrogen-bond acceptors (Lipinski definition) is 4. The van der Waals surface area contributed by atoms with Crippen LogP contribution in [0.15, 0.2) is 0 Å². The minimum Gasteiger partial charge on any atom is -0.466 e. The Morgan fingerprint density at radius 1 is 1.35 bits per heavy atom. The van der Waals surface area contributed by atoms with Crippen molar-refractivity contribution in [1.82, 2.24) is 4.90 Å². The third-order valence-electron chi connectivity index (χ3n) is 3.62. The zero-order valence-electron chi connectivity index (χ0n) is 10.7. The summed E-state index contributed by atoms with van der Waals surface area (Å²) in [6.07, 6.45) is 4.23. The van der Waals surface area contributed by atoms with E-state index >= 15 is 0 Å². The molecule has 0 bridgehead atoms. The second kappa shape index (κ2) is 5.83. The summed E-state index contributed by atoms with van der Waals surface area (Å²) in [5, 5.41) is 0. The molecule has 2 atom stereocenters. The highest BCUT2D eigenvalue weighted by Crippen LogP contribution is 2.31. The number of piperidine rings is 1. The molecule has 0 spiro atoms. The molecule has 0 aromatic rings. The average molecular weight is 240 g/mol. The van der Waals surface area contributed by atoms with Gasteiger partial charge in [0.2, 0.25) is 0 Å². The first kappa shape index (κ1) is 12.8. The quantitative estimate of drug-likeness (QED) is 0.728. The molecule has 1 saturated carbocycles. The Kier molecular flexibility index (Phi) is 4.40. The van der Waals surface area contributed by atoms with Gasteiger partial charge in [0.1, 0.15) is 0 Å². The van der Waals surface area contributed by atoms with E-state index in [9.17, 15) is 4.79 Å². The lowest BCUT2D eigenvalue weighted by Crippen LogP contribution is -2.48. The first-order chi connectivity index (χ1) is 8.17. The van der Waals surface area contributed by atoms with Crippen LogP contribution in [0.2, 0.25) is 0 Å². The molecule has 1 aliphatic carbocycles. The maximum atomic E-state index is 11.5. The molecule has 1 saturated heterocycles. The first-order valence-corrected chi connectivity index (χ1v) is 6.81. The molecule has 2 unspecified atom stereocenters. The Bertz CT molecular complexity index is 264. The van der Waals surface area contributed by atoms with E-state index in [1.165, 1.54) is 19.4 Å². The fourth-order valence-electron chi connectivity index (χ4n) is 2.77. The van der Waals surface area contributed by atoms with Gasteiger partial charge in [0, 0.05) is 32.1 Å². The van der Waals surface area contributed by atoms with E-state index in [4.69, 9.17) is 10.5 Å². The third kappa shape index (κ3) is 4.28. The maximum absolute atomic E-state index is 11.5. The topological polar surface area (TPSA) is 55.6 Å². The van der Waals surface area contributed by atoms with Gasteiger partial charge in [0.25, 0.3) is 0 Å². The second-order valence-corrected chi connectivity index (χ2v) is 5.53. The monoisotopic (exact) mass is 240 g/mol. The minimum absolute atomic E-state index is 0.0713. The largest absolute Gasteiger partial charge is 0.466 e. The summed E-state index contributed by atoms with van der Waals surface area (Å²) in [5.41, 5.74) is 6.07. The summed E-state index contributed by atoms with van der Waals surface area (Å²) >= 11 is 0. The van der Waals surface area contributed by atoms with Gasteiger partial charge in [-0.25, -0.2) is 0 Å². The number of nitrogens with zero attached hydrogens (tertiary/aromatic N) is 1. The maximum Gasteiger partial charge on any atom is 0.306 e. The molecule has 2 fully saturated rings. The lowest BCUT2D eigenvalue weighted by atomic mass is 9.92. The molecular weight excluding hydrogens is 216 g/mol. The summed E-state index contributed by atoms with van der Waals surface area (Å²) in [6, 6.07) is 0.224. The second-order valence-electron chi connectivity index (χ2n) is 5.53. The molecule has 1 aliphatic heterocycles. The number of ether oxygens (including phenoxy) is 1. The van der Waals surface area contributed by atoms with E-state index in [0.717, 1.165) is 25.4 Å². The van der Waals surface area contributed by atoms with Gasteiger partial charge in [-0.3, -0.25) is 4.79 Å². The van der Waals surface area contributed by atoms with Crippen molar-refractivity contribution in [3.8, 4) is 0 Å². The van der Waals surface area contributed by atoms with Crippen LogP contribution in [0.25, 0.3) is 0 Å². The Morgan fingerprint density at radius 3 is 2.76 bits per heavy atom. The summed E-state index contributed by atoms with van der Waals surface area (Å²) in [4.78, 5) is 13.9. The highest BCUT2D eigenvalue weighted by atomic mass is 16.5. The Labute approximate surface area is 103 Å². The Morgan fingerprint density at radius 2 is 2.12 bits per heavy atom. The van der Waals surface area contributed by atoms with Crippen LogP contribution >= 0.6 is 0 Å². The van der Waals surface area contributed by atoms with Crippen LogP contribution in [0.3, 0.4) is 0 Å². The van der Waals surface area contributed by atoms with Crippen molar-refractivity contribution in [2.75, 3.05) is 26.2 Å². The number of esters is 1. The first-order valence-electron chi connectivity index (χ1n) is 6.81. The van der Waals surface area contributed by atoms with Crippen LogP contribution in [-0.4, -0.2) is 43.2 Å². The van der Waals surface area contributed by atoms with Gasteiger partial charge in [-0.05, 0) is 38.0 Å². The molecule has 2 aliphatic rings. The number of likely N-dealkylation sites (tertiary alicyclic amines) is 1. The number of hydrogen-bond donors (Lipinski definition) is 1. The summed E-state index contributed by atoms with van der Waals surface area (Å²) in [7, 11) is 0. The van der Waals surface area contributed by atoms with Crippen molar-refractivity contribution in [2.45, 2.75) is 38.6 Å². The van der Waals surface area contributed by atoms with Crippen molar-refractivity contribution >= 4 is 5.97 Å². The molecule has 17 heavy (non-hydrogen) atoms. The molecule has 98 valence electrons. The summed E-state index contributed by atoms with van der Waals surface area (Å²) in [5.74, 6) is 1.21. The normalized spacial score (nSPS) is 30.2. The molecule has 2 N–H and O–H groups in total. The van der Waals surface area contributed by atoms with Gasteiger partial charge >= 0.3 is 5.97 Å². The lowest BCUT2D eigenvalue weighted by Gasteiger charge is -2.36. The standard InChI is InChI=1S/C13H24N2O2/c1-2-17-13(16)6-11-5-12(14)9-15(8-11)7-10-3-4-10/h10-12H,2-9,14H2,1H3. The van der Waals surface area contributed by atoms with Crippen molar-refractivity contribution in [1.29, 1.82) is 0 Å². The number of rotatable bonds is 5. The van der Waals surface area contributed by atoms with E-state index in [1.807, 2.05) is 6.92 Å². The molecular formula is C13H24N2O2. The predicted octanol–water partition coefficient (Wildman–Crippen LogP) is 0.999. The van der Waals surface area contributed by atoms with Crippen LogP contribution in [0, 0.1) is 11.8 Å². The molecule has 4 nitrogen and oxygen atoms in total. The number of carbonyl (C=O) groups excluding carboxylic acids is 1. The summed E-state index contributed by atoms with van der Waals surface area (Å²) in [6.45, 7) is 5.51. The Hall–Kier alpha value is -0.610. The van der Waals surface area contributed by atoms with Crippen LogP contribution in [0.5, 0.6) is 0 Å². The van der Waals surface area contributed by atoms with Gasteiger partial charge in [-0.2, -0.15) is 0 Å². The van der Waals surface area contributed by atoms with E-state index < -0.39 is 0 Å². The average Bonchev–Trinajstić information content (AvgIpc) is 3.00. The molecule has 1 heterocycles. The molecule has 2 rings (SSSR count). The summed E-state index contributed by atoms with van der Waals surface area (Å²) < 4.78 is 5.01. The number of nitrogens with two attached hydrogens (primary N) is 1. The molecule has 4 heteroatoms. The molecule has 0 aromatic carbocycles. The van der Waals surface area contributed by atoms with Crippen LogP contribution in [0.4, 0.5) is 0 Å². The molecule has 0 aromatic heterocycles. The highest BCUT2D eigenvalue weighted by Gasteiger charge is 2.31. The fraction of sp³-hybridized carbons (Fsp3) is 0.923.